The van der Waals surface area contributed by atoms with Crippen LogP contribution in [0.4, 0.5) is 5.69 Å². The Hall–Kier alpha value is -1.90. The molecule has 1 N–H and O–H groups in total. The number of aliphatic hydroxyl groups is 1. The summed E-state index contributed by atoms with van der Waals surface area (Å²) in [6.07, 6.45) is 0.322. The van der Waals surface area contributed by atoms with Crippen molar-refractivity contribution < 1.29 is 38.9 Å². The molecule has 0 unspecified atom stereocenters. The molecule has 1 fully saturated rings. The molecule has 0 saturated carbocycles. The smallest absolute Gasteiger partial charge is 0.331 e. The first-order valence-corrected chi connectivity index (χ1v) is 11.0. The topological polar surface area (TPSA) is 138 Å². The molecular weight excluding hydrogens is 428 g/mol. The minimum absolute atomic E-state index is 0.0876. The van der Waals surface area contributed by atoms with Crippen molar-refractivity contribution in [2.75, 3.05) is 24.7 Å². The van der Waals surface area contributed by atoms with Crippen molar-refractivity contribution in [2.24, 2.45) is 0 Å². The predicted octanol–water partition coefficient (Wildman–Crippen LogP) is 1.93. The Labute approximate surface area is 174 Å². The van der Waals surface area contributed by atoms with E-state index in [4.69, 9.17) is 24.4 Å². The van der Waals surface area contributed by atoms with E-state index in [2.05, 4.69) is 0 Å². The maximum Gasteiger partial charge on any atom is 0.331 e. The lowest BCUT2D eigenvalue weighted by Gasteiger charge is -2.09. The van der Waals surface area contributed by atoms with Gasteiger partial charge in [0.05, 0.1) is 29.9 Å². The van der Waals surface area contributed by atoms with E-state index in [0.717, 1.165) is 0 Å². The van der Waals surface area contributed by atoms with Gasteiger partial charge in [0.1, 0.15) is 25.2 Å². The zero-order valence-electron chi connectivity index (χ0n) is 15.3. The second kappa shape index (κ2) is 12.6. The summed E-state index contributed by atoms with van der Waals surface area (Å²) in [5.41, 5.74) is 0.450. The largest absolute Gasteiger partial charge is 0.461 e. The molecule has 0 radical (unpaired) electrons. The van der Waals surface area contributed by atoms with E-state index in [9.17, 15) is 19.7 Å². The van der Waals surface area contributed by atoms with Crippen molar-refractivity contribution in [3.8, 4) is 0 Å². The summed E-state index contributed by atoms with van der Waals surface area (Å²) in [6.45, 7) is 0.135. The van der Waals surface area contributed by atoms with Gasteiger partial charge in [-0.25, -0.2) is 9.68 Å². The number of ether oxygens (including phenoxy) is 1. The molecule has 11 nitrogen and oxygen atoms in total. The molecular formula is C16H20N2O9S2. The van der Waals surface area contributed by atoms with Crippen LogP contribution in [-0.2, 0) is 42.1 Å². The fraction of sp³-hybridized carbons (Fsp3) is 0.500. The Balaban J connectivity index is 1.56. The van der Waals surface area contributed by atoms with Gasteiger partial charge in [-0.2, -0.15) is 0 Å². The van der Waals surface area contributed by atoms with Gasteiger partial charge in [0, 0.05) is 17.6 Å². The SMILES string of the molecule is O=C(CCSSCCC(=O)ON1OCCO1)OCc1ccc(CO)c([N+](=O)[O-])c1. The van der Waals surface area contributed by atoms with Crippen LogP contribution in [0.25, 0.3) is 0 Å². The van der Waals surface area contributed by atoms with E-state index in [0.29, 0.717) is 35.7 Å². The number of carbonyl (C=O) groups is 2. The monoisotopic (exact) mass is 448 g/mol. The lowest BCUT2D eigenvalue weighted by Crippen LogP contribution is -2.22. The van der Waals surface area contributed by atoms with Gasteiger partial charge < -0.3 is 14.7 Å². The fourth-order valence-electron chi connectivity index (χ4n) is 2.05. The maximum absolute atomic E-state index is 11.8. The van der Waals surface area contributed by atoms with Crippen molar-refractivity contribution in [1.82, 2.24) is 5.39 Å². The van der Waals surface area contributed by atoms with E-state index in [1.54, 1.807) is 6.07 Å². The summed E-state index contributed by atoms with van der Waals surface area (Å²) in [5.74, 6) is 0.0590. The summed E-state index contributed by atoms with van der Waals surface area (Å²) in [5, 5.41) is 20.8. The van der Waals surface area contributed by atoms with Gasteiger partial charge in [-0.3, -0.25) is 19.7 Å². The zero-order chi connectivity index (χ0) is 21.1. The number of carbonyl (C=O) groups excluding carboxylic acids is 2. The first-order valence-electron chi connectivity index (χ1n) is 8.53. The number of nitrogens with zero attached hydrogens (tertiary/aromatic N) is 2. The van der Waals surface area contributed by atoms with Gasteiger partial charge in [0.15, 0.2) is 0 Å². The van der Waals surface area contributed by atoms with Crippen LogP contribution < -0.4 is 0 Å². The van der Waals surface area contributed by atoms with E-state index in [1.807, 2.05) is 0 Å². The van der Waals surface area contributed by atoms with Crippen molar-refractivity contribution in [3.63, 3.8) is 0 Å². The summed E-state index contributed by atoms with van der Waals surface area (Å²) in [7, 11) is 2.83. The van der Waals surface area contributed by atoms with Crippen LogP contribution in [-0.4, -0.2) is 52.1 Å². The highest BCUT2D eigenvalue weighted by atomic mass is 33.1. The number of rotatable bonds is 12. The molecule has 2 rings (SSSR count). The second-order valence-corrected chi connectivity index (χ2v) is 8.24. The number of nitro groups is 1. The second-order valence-electron chi connectivity index (χ2n) is 5.54. The van der Waals surface area contributed by atoms with E-state index >= 15 is 0 Å². The molecule has 13 heteroatoms. The highest BCUT2D eigenvalue weighted by molar-refractivity contribution is 8.76. The normalized spacial score (nSPS) is 14.0. The molecule has 1 aliphatic heterocycles. The maximum atomic E-state index is 11.8. The molecule has 1 heterocycles. The molecule has 160 valence electrons. The van der Waals surface area contributed by atoms with Crippen molar-refractivity contribution in [3.05, 3.63) is 39.4 Å². The van der Waals surface area contributed by atoms with Gasteiger partial charge in [0.25, 0.3) is 5.69 Å². The molecule has 0 amide bonds. The number of hydrogen-bond donors (Lipinski definition) is 1. The molecule has 1 aromatic carbocycles. The van der Waals surface area contributed by atoms with Crippen LogP contribution in [0.15, 0.2) is 18.2 Å². The van der Waals surface area contributed by atoms with Gasteiger partial charge in [0.2, 0.25) is 0 Å². The number of esters is 1. The highest BCUT2D eigenvalue weighted by Gasteiger charge is 2.19. The third kappa shape index (κ3) is 8.55. The first-order chi connectivity index (χ1) is 14.0. The third-order valence-electron chi connectivity index (χ3n) is 3.43. The van der Waals surface area contributed by atoms with E-state index in [-0.39, 0.29) is 30.7 Å². The molecule has 0 aromatic heterocycles. The Morgan fingerprint density at radius 2 is 1.83 bits per heavy atom. The van der Waals surface area contributed by atoms with E-state index in [1.165, 1.54) is 33.7 Å². The average molecular weight is 448 g/mol. The Bertz CT molecular complexity index is 714. The summed E-state index contributed by atoms with van der Waals surface area (Å²) in [4.78, 5) is 48.1. The fourth-order valence-corrected chi connectivity index (χ4v) is 3.99. The van der Waals surface area contributed by atoms with E-state index < -0.39 is 23.5 Å². The van der Waals surface area contributed by atoms with Crippen molar-refractivity contribution in [2.45, 2.75) is 26.1 Å². The molecule has 0 aliphatic carbocycles. The lowest BCUT2D eigenvalue weighted by molar-refractivity contribution is -0.460. The van der Waals surface area contributed by atoms with Gasteiger partial charge in [-0.15, -0.1) is 0 Å². The Kier molecular flexibility index (Phi) is 10.2. The van der Waals surface area contributed by atoms with Crippen LogP contribution in [0, 0.1) is 10.1 Å². The number of nitro benzene ring substituents is 1. The van der Waals surface area contributed by atoms with Crippen LogP contribution in [0.2, 0.25) is 0 Å². The van der Waals surface area contributed by atoms with Crippen LogP contribution in [0.5, 0.6) is 0 Å². The summed E-state index contributed by atoms with van der Waals surface area (Å²) in [6, 6.07) is 4.27. The van der Waals surface area contributed by atoms with Crippen LogP contribution >= 0.6 is 21.6 Å². The molecule has 1 aromatic rings. The average Bonchev–Trinajstić information content (AvgIpc) is 3.21. The molecule has 0 bridgehead atoms. The van der Waals surface area contributed by atoms with Gasteiger partial charge in [-0.1, -0.05) is 27.7 Å². The standard InChI is InChI=1S/C16H20N2O9S2/c19-10-13-2-1-12(9-14(13)17(22)23)11-24-15(20)3-7-28-29-8-4-16(21)27-18-25-5-6-26-18/h1-2,9,19H,3-8,10-11H2. The third-order valence-corrected chi connectivity index (χ3v) is 5.84. The Morgan fingerprint density at radius 3 is 2.45 bits per heavy atom. The summed E-state index contributed by atoms with van der Waals surface area (Å²) >= 11 is 0. The molecule has 0 spiro atoms. The summed E-state index contributed by atoms with van der Waals surface area (Å²) < 4.78 is 5.10. The van der Waals surface area contributed by atoms with Crippen LogP contribution in [0.3, 0.4) is 0 Å². The molecule has 1 saturated heterocycles. The zero-order valence-corrected chi connectivity index (χ0v) is 16.9. The number of hydrogen-bond acceptors (Lipinski definition) is 12. The quantitative estimate of drug-likeness (QED) is 0.164. The van der Waals surface area contributed by atoms with Crippen molar-refractivity contribution >= 4 is 39.2 Å². The number of benzene rings is 1. The highest BCUT2D eigenvalue weighted by Crippen LogP contribution is 2.24. The minimum atomic E-state index is -0.592. The Morgan fingerprint density at radius 1 is 1.17 bits per heavy atom. The molecule has 1 aliphatic rings. The van der Waals surface area contributed by atoms with Crippen LogP contribution in [0.1, 0.15) is 24.0 Å². The lowest BCUT2D eigenvalue weighted by atomic mass is 10.1. The van der Waals surface area contributed by atoms with Crippen molar-refractivity contribution in [1.29, 1.82) is 0 Å². The molecule has 0 atom stereocenters. The number of aliphatic hydroxyl groups excluding tert-OH is 1. The minimum Gasteiger partial charge on any atom is -0.461 e. The molecule has 29 heavy (non-hydrogen) atoms. The first kappa shape index (κ1) is 23.4. The predicted molar refractivity (Wildman–Crippen MR) is 103 cm³/mol. The van der Waals surface area contributed by atoms with Gasteiger partial charge >= 0.3 is 11.9 Å². The van der Waals surface area contributed by atoms with Gasteiger partial charge in [-0.05, 0) is 11.6 Å².